The molecule has 148 valence electrons. The Balaban J connectivity index is 0.000000321. The van der Waals surface area contributed by atoms with E-state index in [4.69, 9.17) is 9.90 Å². The maximum absolute atomic E-state index is 10.6. The Morgan fingerprint density at radius 2 is 1.74 bits per heavy atom. The molecule has 2 aromatic rings. The van der Waals surface area contributed by atoms with E-state index in [9.17, 15) is 18.3 Å². The number of rotatable bonds is 3. The number of hydrogen-bond acceptors (Lipinski definition) is 3. The van der Waals surface area contributed by atoms with Crippen LogP contribution in [-0.4, -0.2) is 50.5 Å². The Morgan fingerprint density at radius 3 is 2.22 bits per heavy atom. The lowest BCUT2D eigenvalue weighted by Crippen LogP contribution is -2.45. The number of piperidine rings is 1. The fourth-order valence-electron chi connectivity index (χ4n) is 3.00. The van der Waals surface area contributed by atoms with Gasteiger partial charge in [0.05, 0.1) is 5.60 Å². The summed E-state index contributed by atoms with van der Waals surface area (Å²) >= 11 is 0. The predicted molar refractivity (Wildman–Crippen MR) is 94.6 cm³/mol. The van der Waals surface area contributed by atoms with Crippen LogP contribution < -0.4 is 0 Å². The molecule has 0 aliphatic carbocycles. The van der Waals surface area contributed by atoms with Crippen LogP contribution in [0, 0.1) is 0 Å². The van der Waals surface area contributed by atoms with E-state index < -0.39 is 17.7 Å². The van der Waals surface area contributed by atoms with Gasteiger partial charge in [-0.25, -0.2) is 4.79 Å². The van der Waals surface area contributed by atoms with Gasteiger partial charge in [-0.2, -0.15) is 13.2 Å². The maximum Gasteiger partial charge on any atom is 0.490 e. The van der Waals surface area contributed by atoms with Crippen LogP contribution in [0.1, 0.15) is 25.3 Å². The monoisotopic (exact) mass is 384 g/mol. The number of aliphatic carboxylic acids is 1. The number of nitrogens with zero attached hydrogens (tertiary/aromatic N) is 2. The lowest BCUT2D eigenvalue weighted by Gasteiger charge is -2.36. The first-order chi connectivity index (χ1) is 12.6. The second-order valence-corrected chi connectivity index (χ2v) is 6.87. The van der Waals surface area contributed by atoms with Gasteiger partial charge in [-0.15, -0.1) is 0 Å². The quantitative estimate of drug-likeness (QED) is 0.851. The topological polar surface area (TPSA) is 65.7 Å². The Morgan fingerprint density at radius 1 is 1.19 bits per heavy atom. The molecule has 0 amide bonds. The minimum Gasteiger partial charge on any atom is -0.475 e. The molecule has 0 radical (unpaired) electrons. The lowest BCUT2D eigenvalue weighted by molar-refractivity contribution is -0.192. The molecule has 5 nitrogen and oxygen atoms in total. The van der Waals surface area contributed by atoms with E-state index in [1.807, 2.05) is 19.1 Å². The van der Waals surface area contributed by atoms with E-state index in [1.54, 1.807) is 0 Å². The smallest absolute Gasteiger partial charge is 0.475 e. The highest BCUT2D eigenvalue weighted by molar-refractivity contribution is 5.73. The number of aromatic nitrogens is 1. The van der Waals surface area contributed by atoms with Gasteiger partial charge in [0.15, 0.2) is 0 Å². The van der Waals surface area contributed by atoms with E-state index >= 15 is 0 Å². The Bertz CT molecular complexity index is 726. The van der Waals surface area contributed by atoms with Crippen LogP contribution in [0.15, 0.2) is 48.8 Å². The molecule has 1 aliphatic rings. The summed E-state index contributed by atoms with van der Waals surface area (Å²) in [6.45, 7) is 4.71. The Hall–Kier alpha value is -2.32. The van der Waals surface area contributed by atoms with Crippen molar-refractivity contribution in [2.75, 3.05) is 13.1 Å². The van der Waals surface area contributed by atoms with Gasteiger partial charge in [-0.3, -0.25) is 4.90 Å². The molecule has 1 unspecified atom stereocenters. The first-order valence-electron chi connectivity index (χ1n) is 8.54. The molecule has 0 saturated carbocycles. The van der Waals surface area contributed by atoms with Crippen LogP contribution in [0.2, 0.25) is 0 Å². The van der Waals surface area contributed by atoms with Gasteiger partial charge in [0.2, 0.25) is 0 Å². The van der Waals surface area contributed by atoms with Gasteiger partial charge in [-0.05, 0) is 56.1 Å². The molecule has 1 fully saturated rings. The van der Waals surface area contributed by atoms with Crippen LogP contribution in [0.25, 0.3) is 5.69 Å². The van der Waals surface area contributed by atoms with Gasteiger partial charge in [0.1, 0.15) is 0 Å². The molecule has 0 bridgehead atoms. The summed E-state index contributed by atoms with van der Waals surface area (Å²) in [5, 5.41) is 17.3. The predicted octanol–water partition coefficient (Wildman–Crippen LogP) is 3.46. The summed E-state index contributed by atoms with van der Waals surface area (Å²) in [4.78, 5) is 11.2. The summed E-state index contributed by atoms with van der Waals surface area (Å²) in [6, 6.07) is 12.7. The number of carboxylic acid groups (broad SMARTS) is 1. The molecule has 27 heavy (non-hydrogen) atoms. The summed E-state index contributed by atoms with van der Waals surface area (Å²) in [5.74, 6) is -2.76. The molecular formula is C19H23F3N2O3. The van der Waals surface area contributed by atoms with Crippen molar-refractivity contribution < 1.29 is 28.2 Å². The molecule has 2 heterocycles. The summed E-state index contributed by atoms with van der Waals surface area (Å²) < 4.78 is 33.8. The van der Waals surface area contributed by atoms with Crippen molar-refractivity contribution in [3.05, 3.63) is 54.4 Å². The fourth-order valence-corrected chi connectivity index (χ4v) is 3.00. The van der Waals surface area contributed by atoms with Crippen molar-refractivity contribution in [1.29, 1.82) is 0 Å². The molecule has 2 N–H and O–H groups in total. The van der Waals surface area contributed by atoms with E-state index in [0.717, 1.165) is 32.5 Å². The van der Waals surface area contributed by atoms with Crippen molar-refractivity contribution >= 4 is 5.97 Å². The maximum atomic E-state index is 10.6. The molecule has 1 saturated heterocycles. The molecule has 3 rings (SSSR count). The second kappa shape index (κ2) is 8.58. The average molecular weight is 384 g/mol. The molecule has 1 atom stereocenters. The van der Waals surface area contributed by atoms with E-state index in [0.29, 0.717) is 0 Å². The Kier molecular flexibility index (Phi) is 6.67. The van der Waals surface area contributed by atoms with E-state index in [1.165, 1.54) is 11.3 Å². The molecular weight excluding hydrogens is 361 g/mol. The standard InChI is InChI=1S/C17H22N2O.C2HF3O2/c1-17(20)9-4-10-18(14-17)13-15-5-7-16(8-6-15)19-11-2-3-12-19;3-2(4,5)1(6)7/h2-3,5-8,11-12,20H,4,9-10,13-14H2,1H3;(H,6,7). The summed E-state index contributed by atoms with van der Waals surface area (Å²) in [5.41, 5.74) is 1.96. The summed E-state index contributed by atoms with van der Waals surface area (Å²) in [6.07, 6.45) is 1.01. The minimum atomic E-state index is -5.08. The second-order valence-electron chi connectivity index (χ2n) is 6.87. The number of carboxylic acids is 1. The highest BCUT2D eigenvalue weighted by Crippen LogP contribution is 2.22. The van der Waals surface area contributed by atoms with Crippen molar-refractivity contribution in [2.45, 2.75) is 38.1 Å². The van der Waals surface area contributed by atoms with Crippen LogP contribution in [0.3, 0.4) is 0 Å². The largest absolute Gasteiger partial charge is 0.490 e. The minimum absolute atomic E-state index is 0.524. The van der Waals surface area contributed by atoms with Crippen molar-refractivity contribution in [2.24, 2.45) is 0 Å². The van der Waals surface area contributed by atoms with Gasteiger partial charge in [0.25, 0.3) is 0 Å². The van der Waals surface area contributed by atoms with Crippen LogP contribution in [0.4, 0.5) is 13.2 Å². The van der Waals surface area contributed by atoms with Crippen LogP contribution >= 0.6 is 0 Å². The first kappa shape index (κ1) is 21.0. The summed E-state index contributed by atoms with van der Waals surface area (Å²) in [7, 11) is 0. The number of halogens is 3. The van der Waals surface area contributed by atoms with Gasteiger partial charge in [-0.1, -0.05) is 12.1 Å². The number of carbonyl (C=O) groups is 1. The third-order valence-electron chi connectivity index (χ3n) is 4.24. The van der Waals surface area contributed by atoms with Gasteiger partial charge < -0.3 is 14.8 Å². The zero-order valence-electron chi connectivity index (χ0n) is 15.0. The van der Waals surface area contributed by atoms with Crippen molar-refractivity contribution in [3.63, 3.8) is 0 Å². The first-order valence-corrected chi connectivity index (χ1v) is 8.54. The van der Waals surface area contributed by atoms with Crippen LogP contribution in [-0.2, 0) is 11.3 Å². The number of likely N-dealkylation sites (tertiary alicyclic amines) is 1. The number of hydrogen-bond donors (Lipinski definition) is 2. The van der Waals surface area contributed by atoms with Crippen molar-refractivity contribution in [1.82, 2.24) is 9.47 Å². The third kappa shape index (κ3) is 6.73. The average Bonchev–Trinajstić information content (AvgIpc) is 3.09. The van der Waals surface area contributed by atoms with Gasteiger partial charge >= 0.3 is 12.1 Å². The zero-order chi connectivity index (χ0) is 20.1. The normalized spacial score (nSPS) is 20.6. The molecule has 0 spiro atoms. The lowest BCUT2D eigenvalue weighted by atomic mass is 9.95. The van der Waals surface area contributed by atoms with Gasteiger partial charge in [0, 0.05) is 31.2 Å². The SMILES string of the molecule is CC1(O)CCCN(Cc2ccc(-n3cccc3)cc2)C1.O=C(O)C(F)(F)F. The Labute approximate surface area is 155 Å². The molecule has 8 heteroatoms. The van der Waals surface area contributed by atoms with Crippen LogP contribution in [0.5, 0.6) is 0 Å². The number of alkyl halides is 3. The fraction of sp³-hybridized carbons (Fsp3) is 0.421. The highest BCUT2D eigenvalue weighted by atomic mass is 19.4. The van der Waals surface area contributed by atoms with Crippen molar-refractivity contribution in [3.8, 4) is 5.69 Å². The molecule has 1 aliphatic heterocycles. The number of β-amino-alcohol motifs (C(OH)–C–C–N with tert-alkyl or cyclic N) is 1. The number of benzene rings is 1. The molecule has 1 aromatic carbocycles. The molecule has 1 aromatic heterocycles. The van der Waals surface area contributed by atoms with E-state index in [2.05, 4.69) is 46.1 Å². The zero-order valence-corrected chi connectivity index (χ0v) is 15.0. The number of aliphatic hydroxyl groups is 1. The van der Waals surface area contributed by atoms with E-state index in [-0.39, 0.29) is 0 Å². The third-order valence-corrected chi connectivity index (χ3v) is 4.24. The highest BCUT2D eigenvalue weighted by Gasteiger charge is 2.38.